The lowest BCUT2D eigenvalue weighted by atomic mass is 10.2. The average molecular weight is 238 g/mol. The highest BCUT2D eigenvalue weighted by molar-refractivity contribution is 5.95. The van der Waals surface area contributed by atoms with Crippen molar-refractivity contribution in [1.82, 2.24) is 19.7 Å². The molecule has 0 aromatic carbocycles. The second kappa shape index (κ2) is 3.92. The quantitative estimate of drug-likeness (QED) is 0.516. The molecule has 0 aliphatic carbocycles. The maximum Gasteiger partial charge on any atom is 0.164 e. The molecule has 0 radical (unpaired) electrons. The Morgan fingerprint density at radius 3 is 2.94 bits per heavy atom. The Bertz CT molecular complexity index is 730. The van der Waals surface area contributed by atoms with Crippen molar-refractivity contribution in [3.8, 4) is 5.82 Å². The summed E-state index contributed by atoms with van der Waals surface area (Å²) in [5.41, 5.74) is 6.80. The zero-order valence-corrected chi connectivity index (χ0v) is 9.41. The van der Waals surface area contributed by atoms with Gasteiger partial charge in [0.25, 0.3) is 0 Å². The molecule has 3 aromatic rings. The van der Waals surface area contributed by atoms with Crippen molar-refractivity contribution in [2.45, 2.75) is 0 Å². The van der Waals surface area contributed by atoms with Crippen molar-refractivity contribution < 1.29 is 0 Å². The summed E-state index contributed by atoms with van der Waals surface area (Å²) >= 11 is 0. The molecule has 0 aliphatic rings. The Kier molecular flexibility index (Phi) is 2.26. The Morgan fingerprint density at radius 1 is 1.22 bits per heavy atom. The van der Waals surface area contributed by atoms with E-state index >= 15 is 0 Å². The van der Waals surface area contributed by atoms with E-state index in [0.717, 1.165) is 11.0 Å². The molecule has 0 bridgehead atoms. The zero-order chi connectivity index (χ0) is 12.5. The van der Waals surface area contributed by atoms with Crippen LogP contribution < -0.4 is 5.73 Å². The number of hydrogen-bond donors (Lipinski definition) is 2. The lowest BCUT2D eigenvalue weighted by Crippen LogP contribution is -2.12. The molecule has 3 aromatic heterocycles. The summed E-state index contributed by atoms with van der Waals surface area (Å²) in [4.78, 5) is 8.49. The Hall–Kier alpha value is -2.76. The molecule has 0 unspecified atom stereocenters. The van der Waals surface area contributed by atoms with Crippen LogP contribution in [0, 0.1) is 5.41 Å². The largest absolute Gasteiger partial charge is 0.384 e. The van der Waals surface area contributed by atoms with Crippen LogP contribution in [0.15, 0.2) is 42.9 Å². The van der Waals surface area contributed by atoms with Crippen molar-refractivity contribution in [3.05, 3.63) is 48.4 Å². The first-order valence-corrected chi connectivity index (χ1v) is 5.35. The van der Waals surface area contributed by atoms with Crippen LogP contribution in [0.3, 0.4) is 0 Å². The summed E-state index contributed by atoms with van der Waals surface area (Å²) in [5.74, 6) is 0.597. The fourth-order valence-corrected chi connectivity index (χ4v) is 1.73. The normalized spacial score (nSPS) is 10.7. The SMILES string of the molecule is N=C(N)c1ccnc(-n2ncc3cccnc32)c1. The molecule has 88 valence electrons. The number of pyridine rings is 2. The molecule has 0 spiro atoms. The summed E-state index contributed by atoms with van der Waals surface area (Å²) in [6, 6.07) is 7.18. The van der Waals surface area contributed by atoms with Crippen LogP contribution in [-0.2, 0) is 0 Å². The molecule has 18 heavy (non-hydrogen) atoms. The van der Waals surface area contributed by atoms with Crippen LogP contribution in [0.1, 0.15) is 5.56 Å². The van der Waals surface area contributed by atoms with Gasteiger partial charge in [-0.05, 0) is 24.3 Å². The minimum absolute atomic E-state index is 0.00284. The lowest BCUT2D eigenvalue weighted by Gasteiger charge is -2.03. The van der Waals surface area contributed by atoms with E-state index in [4.69, 9.17) is 11.1 Å². The smallest absolute Gasteiger partial charge is 0.164 e. The van der Waals surface area contributed by atoms with Gasteiger partial charge in [0.2, 0.25) is 0 Å². The van der Waals surface area contributed by atoms with Crippen LogP contribution >= 0.6 is 0 Å². The maximum atomic E-state index is 7.43. The summed E-state index contributed by atoms with van der Waals surface area (Å²) < 4.78 is 1.63. The van der Waals surface area contributed by atoms with E-state index in [-0.39, 0.29) is 5.84 Å². The van der Waals surface area contributed by atoms with Gasteiger partial charge in [0.05, 0.1) is 6.20 Å². The van der Waals surface area contributed by atoms with Crippen LogP contribution in [0.25, 0.3) is 16.9 Å². The molecule has 0 aliphatic heterocycles. The zero-order valence-electron chi connectivity index (χ0n) is 9.41. The summed E-state index contributed by atoms with van der Waals surface area (Å²) in [7, 11) is 0. The number of nitrogens with zero attached hydrogens (tertiary/aromatic N) is 4. The number of hydrogen-bond acceptors (Lipinski definition) is 4. The number of nitrogen functional groups attached to an aromatic ring is 1. The highest BCUT2D eigenvalue weighted by Crippen LogP contribution is 2.14. The van der Waals surface area contributed by atoms with E-state index in [1.165, 1.54) is 0 Å². The van der Waals surface area contributed by atoms with Gasteiger partial charge in [-0.15, -0.1) is 0 Å². The fourth-order valence-electron chi connectivity index (χ4n) is 1.73. The van der Waals surface area contributed by atoms with Crippen LogP contribution in [0.5, 0.6) is 0 Å². The third-order valence-electron chi connectivity index (χ3n) is 2.60. The molecular weight excluding hydrogens is 228 g/mol. The van der Waals surface area contributed by atoms with E-state index in [1.807, 2.05) is 12.1 Å². The van der Waals surface area contributed by atoms with Gasteiger partial charge in [0.15, 0.2) is 11.5 Å². The van der Waals surface area contributed by atoms with Crippen LogP contribution in [0.2, 0.25) is 0 Å². The number of amidine groups is 1. The minimum atomic E-state index is 0.00284. The first kappa shape index (κ1) is 10.4. The molecule has 6 nitrogen and oxygen atoms in total. The number of aromatic nitrogens is 4. The second-order valence-electron chi connectivity index (χ2n) is 3.79. The van der Waals surface area contributed by atoms with Gasteiger partial charge in [-0.3, -0.25) is 5.41 Å². The van der Waals surface area contributed by atoms with Gasteiger partial charge in [-0.1, -0.05) is 0 Å². The topological polar surface area (TPSA) is 93.5 Å². The highest BCUT2D eigenvalue weighted by atomic mass is 15.3. The van der Waals surface area contributed by atoms with Crippen molar-refractivity contribution in [1.29, 1.82) is 5.41 Å². The minimum Gasteiger partial charge on any atom is -0.384 e. The van der Waals surface area contributed by atoms with Gasteiger partial charge < -0.3 is 5.73 Å². The first-order chi connectivity index (χ1) is 8.75. The molecular formula is C12H10N6. The van der Waals surface area contributed by atoms with Gasteiger partial charge in [0, 0.05) is 23.3 Å². The lowest BCUT2D eigenvalue weighted by molar-refractivity contribution is 0.862. The predicted octanol–water partition coefficient (Wildman–Crippen LogP) is 1.10. The van der Waals surface area contributed by atoms with E-state index in [1.54, 1.807) is 35.4 Å². The maximum absolute atomic E-state index is 7.43. The third kappa shape index (κ3) is 1.60. The van der Waals surface area contributed by atoms with E-state index in [2.05, 4.69) is 15.1 Å². The number of fused-ring (bicyclic) bond motifs is 1. The Morgan fingerprint density at radius 2 is 2.11 bits per heavy atom. The van der Waals surface area contributed by atoms with Crippen LogP contribution in [0.4, 0.5) is 0 Å². The van der Waals surface area contributed by atoms with E-state index in [9.17, 15) is 0 Å². The summed E-state index contributed by atoms with van der Waals surface area (Å²) in [6.45, 7) is 0. The van der Waals surface area contributed by atoms with Crippen molar-refractivity contribution in [3.63, 3.8) is 0 Å². The fraction of sp³-hybridized carbons (Fsp3) is 0. The predicted molar refractivity (Wildman–Crippen MR) is 67.7 cm³/mol. The van der Waals surface area contributed by atoms with Crippen molar-refractivity contribution >= 4 is 16.9 Å². The van der Waals surface area contributed by atoms with Gasteiger partial charge in [0.1, 0.15) is 5.84 Å². The Labute approximate surface area is 103 Å². The molecule has 0 saturated heterocycles. The number of rotatable bonds is 2. The second-order valence-corrected chi connectivity index (χ2v) is 3.79. The van der Waals surface area contributed by atoms with Crippen molar-refractivity contribution in [2.24, 2.45) is 5.73 Å². The van der Waals surface area contributed by atoms with Gasteiger partial charge in [-0.25, -0.2) is 9.97 Å². The number of nitrogens with one attached hydrogen (secondary N) is 1. The highest BCUT2D eigenvalue weighted by Gasteiger charge is 2.07. The Balaban J connectivity index is 2.20. The molecule has 6 heteroatoms. The van der Waals surface area contributed by atoms with Gasteiger partial charge >= 0.3 is 0 Å². The molecule has 3 N–H and O–H groups in total. The third-order valence-corrected chi connectivity index (χ3v) is 2.60. The molecule has 3 rings (SSSR count). The van der Waals surface area contributed by atoms with Crippen molar-refractivity contribution in [2.75, 3.05) is 0 Å². The molecule has 0 saturated carbocycles. The summed E-state index contributed by atoms with van der Waals surface area (Å²) in [5, 5.41) is 12.6. The average Bonchev–Trinajstić information content (AvgIpc) is 2.82. The van der Waals surface area contributed by atoms with E-state index < -0.39 is 0 Å². The molecule has 0 atom stereocenters. The molecule has 3 heterocycles. The van der Waals surface area contributed by atoms with Gasteiger partial charge in [-0.2, -0.15) is 9.78 Å². The molecule has 0 amide bonds. The summed E-state index contributed by atoms with van der Waals surface area (Å²) in [6.07, 6.45) is 5.03. The molecule has 0 fully saturated rings. The first-order valence-electron chi connectivity index (χ1n) is 5.35. The van der Waals surface area contributed by atoms with E-state index in [0.29, 0.717) is 11.4 Å². The standard InChI is InChI=1S/C12H10N6/c13-11(14)8-3-5-15-10(6-8)18-12-9(7-17-18)2-1-4-16-12/h1-7H,(H3,13,14). The van der Waals surface area contributed by atoms with Crippen LogP contribution in [-0.4, -0.2) is 25.6 Å². The monoisotopic (exact) mass is 238 g/mol. The number of nitrogens with two attached hydrogens (primary N) is 1.